The Balaban J connectivity index is 1.64. The maximum absolute atomic E-state index is 11.4. The number of carbonyl (C=O) groups is 1. The highest BCUT2D eigenvalue weighted by Gasteiger charge is 2.34. The van der Waals surface area contributed by atoms with Crippen LogP contribution in [0.15, 0.2) is 36.5 Å². The predicted molar refractivity (Wildman–Crippen MR) is 77.3 cm³/mol. The number of nitrogens with zero attached hydrogens (tertiary/aromatic N) is 1. The van der Waals surface area contributed by atoms with Gasteiger partial charge in [0, 0.05) is 29.4 Å². The molecule has 0 unspecified atom stereocenters. The summed E-state index contributed by atoms with van der Waals surface area (Å²) < 4.78 is 0. The molecule has 1 saturated carbocycles. The first-order valence-electron chi connectivity index (χ1n) is 6.85. The molecule has 1 aromatic heterocycles. The number of anilines is 1. The molecule has 4 nitrogen and oxygen atoms in total. The van der Waals surface area contributed by atoms with Crippen LogP contribution in [0.25, 0.3) is 11.3 Å². The van der Waals surface area contributed by atoms with Crippen LogP contribution in [-0.4, -0.2) is 16.9 Å². The number of amides is 1. The van der Waals surface area contributed by atoms with Crippen LogP contribution in [-0.2, 0) is 11.2 Å². The summed E-state index contributed by atoms with van der Waals surface area (Å²) in [5.74, 6) is 0.541. The first-order chi connectivity index (χ1) is 9.70. The van der Waals surface area contributed by atoms with Gasteiger partial charge in [0.25, 0.3) is 0 Å². The third-order valence-electron chi connectivity index (χ3n) is 4.09. The zero-order valence-electron chi connectivity index (χ0n) is 11.0. The van der Waals surface area contributed by atoms with E-state index in [1.807, 2.05) is 30.5 Å². The number of rotatable bonds is 2. The van der Waals surface area contributed by atoms with Crippen molar-refractivity contribution < 1.29 is 4.79 Å². The fourth-order valence-corrected chi connectivity index (χ4v) is 2.77. The molecule has 0 radical (unpaired) electrons. The van der Waals surface area contributed by atoms with Gasteiger partial charge in [0.2, 0.25) is 5.91 Å². The van der Waals surface area contributed by atoms with Crippen LogP contribution >= 0.6 is 0 Å². The highest BCUT2D eigenvalue weighted by molar-refractivity contribution is 5.99. The summed E-state index contributed by atoms with van der Waals surface area (Å²) in [6.07, 6.45) is 3.45. The molecule has 3 N–H and O–H groups in total. The van der Waals surface area contributed by atoms with E-state index in [0.717, 1.165) is 28.9 Å². The van der Waals surface area contributed by atoms with E-state index in [9.17, 15) is 4.79 Å². The van der Waals surface area contributed by atoms with Crippen LogP contribution in [0.2, 0.25) is 0 Å². The topological polar surface area (TPSA) is 68.0 Å². The summed E-state index contributed by atoms with van der Waals surface area (Å²) in [7, 11) is 0. The minimum absolute atomic E-state index is 0.0585. The molecule has 4 rings (SSSR count). The molecule has 2 atom stereocenters. The Kier molecular flexibility index (Phi) is 2.41. The number of nitrogens with two attached hydrogens (primary N) is 1. The lowest BCUT2D eigenvalue weighted by atomic mass is 10.1. The average Bonchev–Trinajstić information content (AvgIpc) is 3.06. The monoisotopic (exact) mass is 265 g/mol. The minimum atomic E-state index is 0.0585. The number of carbonyl (C=O) groups excluding carboxylic acids is 1. The van der Waals surface area contributed by atoms with Crippen LogP contribution in [0.3, 0.4) is 0 Å². The van der Waals surface area contributed by atoms with Crippen molar-refractivity contribution in [3.8, 4) is 11.3 Å². The van der Waals surface area contributed by atoms with Gasteiger partial charge in [-0.1, -0.05) is 18.2 Å². The molecule has 0 spiro atoms. The number of aromatic nitrogens is 1. The fraction of sp³-hybridized carbons (Fsp3) is 0.250. The Labute approximate surface area is 117 Å². The van der Waals surface area contributed by atoms with Crippen molar-refractivity contribution in [1.82, 2.24) is 4.98 Å². The second-order valence-electron chi connectivity index (χ2n) is 5.58. The largest absolute Gasteiger partial charge is 0.327 e. The molecular weight excluding hydrogens is 250 g/mol. The molecule has 1 aliphatic heterocycles. The van der Waals surface area contributed by atoms with Crippen LogP contribution in [0.5, 0.6) is 0 Å². The van der Waals surface area contributed by atoms with Crippen LogP contribution in [0, 0.1) is 0 Å². The van der Waals surface area contributed by atoms with E-state index < -0.39 is 0 Å². The summed E-state index contributed by atoms with van der Waals surface area (Å²) >= 11 is 0. The summed E-state index contributed by atoms with van der Waals surface area (Å²) in [4.78, 5) is 15.9. The Morgan fingerprint density at radius 3 is 2.80 bits per heavy atom. The third kappa shape index (κ3) is 1.89. The summed E-state index contributed by atoms with van der Waals surface area (Å²) in [6, 6.07) is 10.4. The molecule has 0 saturated heterocycles. The maximum atomic E-state index is 11.4. The second-order valence-corrected chi connectivity index (χ2v) is 5.58. The standard InChI is InChI=1S/C16H15N3O/c17-13-7-12(13)11-3-4-14(18-8-11)9-1-2-10-6-16(20)19-15(10)5-9/h1-5,8,12-13H,6-7,17H2,(H,19,20)/t12-,13+/m0/s1. The molecule has 100 valence electrons. The SMILES string of the molecule is N[C@@H]1C[C@H]1c1ccc(-c2ccc3c(c2)NC(=O)C3)nc1. The van der Waals surface area contributed by atoms with E-state index in [4.69, 9.17) is 5.73 Å². The first kappa shape index (κ1) is 11.6. The summed E-state index contributed by atoms with van der Waals surface area (Å²) in [6.45, 7) is 0. The van der Waals surface area contributed by atoms with Gasteiger partial charge in [0.15, 0.2) is 0 Å². The van der Waals surface area contributed by atoms with Gasteiger partial charge in [-0.25, -0.2) is 0 Å². The molecule has 1 amide bonds. The van der Waals surface area contributed by atoms with Crippen molar-refractivity contribution in [1.29, 1.82) is 0 Å². The number of hydrogen-bond acceptors (Lipinski definition) is 3. The van der Waals surface area contributed by atoms with E-state index in [1.165, 1.54) is 5.56 Å². The van der Waals surface area contributed by atoms with Gasteiger partial charge in [-0.2, -0.15) is 0 Å². The van der Waals surface area contributed by atoms with Crippen molar-refractivity contribution in [3.05, 3.63) is 47.7 Å². The molecule has 1 aromatic carbocycles. The van der Waals surface area contributed by atoms with Crippen molar-refractivity contribution >= 4 is 11.6 Å². The molecule has 0 bridgehead atoms. The zero-order chi connectivity index (χ0) is 13.7. The van der Waals surface area contributed by atoms with Crippen LogP contribution in [0.4, 0.5) is 5.69 Å². The van der Waals surface area contributed by atoms with E-state index in [-0.39, 0.29) is 5.91 Å². The van der Waals surface area contributed by atoms with Gasteiger partial charge in [-0.05, 0) is 29.7 Å². The highest BCUT2D eigenvalue weighted by Crippen LogP contribution is 2.39. The van der Waals surface area contributed by atoms with Gasteiger partial charge >= 0.3 is 0 Å². The van der Waals surface area contributed by atoms with Crippen molar-refractivity contribution in [2.45, 2.75) is 24.8 Å². The van der Waals surface area contributed by atoms with Crippen LogP contribution in [0.1, 0.15) is 23.5 Å². The maximum Gasteiger partial charge on any atom is 0.228 e. The summed E-state index contributed by atoms with van der Waals surface area (Å²) in [5, 5.41) is 2.87. The van der Waals surface area contributed by atoms with E-state index in [1.54, 1.807) is 0 Å². The van der Waals surface area contributed by atoms with E-state index >= 15 is 0 Å². The number of pyridine rings is 1. The fourth-order valence-electron chi connectivity index (χ4n) is 2.77. The third-order valence-corrected chi connectivity index (χ3v) is 4.09. The van der Waals surface area contributed by atoms with Gasteiger partial charge in [0.05, 0.1) is 12.1 Å². The van der Waals surface area contributed by atoms with Gasteiger partial charge in [0.1, 0.15) is 0 Å². The van der Waals surface area contributed by atoms with Crippen molar-refractivity contribution in [2.24, 2.45) is 5.73 Å². The van der Waals surface area contributed by atoms with Gasteiger partial charge < -0.3 is 11.1 Å². The summed E-state index contributed by atoms with van der Waals surface area (Å²) in [5.41, 5.74) is 11.0. The lowest BCUT2D eigenvalue weighted by Gasteiger charge is -2.05. The molecule has 2 aliphatic rings. The number of fused-ring (bicyclic) bond motifs is 1. The van der Waals surface area contributed by atoms with Crippen molar-refractivity contribution in [2.75, 3.05) is 5.32 Å². The zero-order valence-corrected chi connectivity index (χ0v) is 11.0. The molecule has 2 aromatic rings. The van der Waals surface area contributed by atoms with Crippen LogP contribution < -0.4 is 11.1 Å². The molecule has 4 heteroatoms. The normalized spacial score (nSPS) is 23.4. The molecule has 1 fully saturated rings. The Morgan fingerprint density at radius 1 is 1.25 bits per heavy atom. The molecule has 1 aliphatic carbocycles. The minimum Gasteiger partial charge on any atom is -0.327 e. The van der Waals surface area contributed by atoms with E-state index in [2.05, 4.69) is 16.4 Å². The lowest BCUT2D eigenvalue weighted by Crippen LogP contribution is -2.03. The second kappa shape index (κ2) is 4.15. The smallest absolute Gasteiger partial charge is 0.228 e. The first-order valence-corrected chi connectivity index (χ1v) is 6.85. The van der Waals surface area contributed by atoms with Gasteiger partial charge in [-0.3, -0.25) is 9.78 Å². The molecular formula is C16H15N3O. The van der Waals surface area contributed by atoms with E-state index in [0.29, 0.717) is 18.4 Å². The number of hydrogen-bond donors (Lipinski definition) is 2. The Hall–Kier alpha value is -2.20. The number of nitrogens with one attached hydrogen (secondary N) is 1. The Bertz CT molecular complexity index is 693. The Morgan fingerprint density at radius 2 is 2.10 bits per heavy atom. The average molecular weight is 265 g/mol. The molecule has 20 heavy (non-hydrogen) atoms. The van der Waals surface area contributed by atoms with Crippen molar-refractivity contribution in [3.63, 3.8) is 0 Å². The number of benzene rings is 1. The molecule has 2 heterocycles. The highest BCUT2D eigenvalue weighted by atomic mass is 16.1. The quantitative estimate of drug-likeness (QED) is 0.873. The lowest BCUT2D eigenvalue weighted by molar-refractivity contribution is -0.115. The van der Waals surface area contributed by atoms with Gasteiger partial charge in [-0.15, -0.1) is 0 Å². The predicted octanol–water partition coefficient (Wildman–Crippen LogP) is 2.06.